The first kappa shape index (κ1) is 23.9. The average molecular weight is 390 g/mol. The molecule has 1 atom stereocenters. The maximum absolute atomic E-state index is 12.3. The van der Waals surface area contributed by atoms with Gasteiger partial charge in [-0.2, -0.15) is 0 Å². The fourth-order valence-electron chi connectivity index (χ4n) is 3.17. The Labute approximate surface area is 169 Å². The van der Waals surface area contributed by atoms with Crippen molar-refractivity contribution in [2.24, 2.45) is 0 Å². The molecular weight excluding hydrogens is 354 g/mol. The highest BCUT2D eigenvalue weighted by atomic mass is 16.5. The van der Waals surface area contributed by atoms with Crippen LogP contribution in [0.3, 0.4) is 0 Å². The Hall–Kier alpha value is -2.17. The zero-order valence-electron chi connectivity index (χ0n) is 17.8. The van der Waals surface area contributed by atoms with Crippen molar-refractivity contribution in [2.45, 2.75) is 84.6 Å². The van der Waals surface area contributed by atoms with Crippen LogP contribution < -0.4 is 5.32 Å². The van der Waals surface area contributed by atoms with Crippen LogP contribution in [0.15, 0.2) is 24.3 Å². The first-order chi connectivity index (χ1) is 13.3. The second-order valence-electron chi connectivity index (χ2n) is 7.81. The monoisotopic (exact) mass is 389 g/mol. The Morgan fingerprint density at radius 3 is 2.21 bits per heavy atom. The SMILES string of the molecule is CCCCCCCC(=O)c1ccc(CCC(C)(COC(C)=O)NC(C)=O)cc1. The molecule has 0 bridgehead atoms. The molecule has 0 aromatic heterocycles. The van der Waals surface area contributed by atoms with Crippen molar-refractivity contribution in [1.29, 1.82) is 0 Å². The van der Waals surface area contributed by atoms with Gasteiger partial charge in [-0.05, 0) is 31.7 Å². The number of esters is 1. The number of carbonyl (C=O) groups is 3. The summed E-state index contributed by atoms with van der Waals surface area (Å²) in [6.07, 6.45) is 7.64. The summed E-state index contributed by atoms with van der Waals surface area (Å²) in [6, 6.07) is 7.69. The summed E-state index contributed by atoms with van der Waals surface area (Å²) in [7, 11) is 0. The largest absolute Gasteiger partial charge is 0.463 e. The summed E-state index contributed by atoms with van der Waals surface area (Å²) in [5.41, 5.74) is 1.22. The molecule has 1 N–H and O–H groups in total. The third-order valence-electron chi connectivity index (χ3n) is 4.82. The van der Waals surface area contributed by atoms with Crippen molar-refractivity contribution in [1.82, 2.24) is 5.32 Å². The molecule has 0 saturated heterocycles. The van der Waals surface area contributed by atoms with E-state index >= 15 is 0 Å². The van der Waals surface area contributed by atoms with E-state index < -0.39 is 5.54 Å². The summed E-state index contributed by atoms with van der Waals surface area (Å²) in [5, 5.41) is 2.88. The van der Waals surface area contributed by atoms with Gasteiger partial charge >= 0.3 is 5.97 Å². The van der Waals surface area contributed by atoms with Crippen molar-refractivity contribution >= 4 is 17.7 Å². The molecule has 0 aliphatic heterocycles. The van der Waals surface area contributed by atoms with Crippen molar-refractivity contribution in [3.8, 4) is 0 Å². The van der Waals surface area contributed by atoms with Gasteiger partial charge in [-0.25, -0.2) is 0 Å². The van der Waals surface area contributed by atoms with Crippen LogP contribution in [-0.4, -0.2) is 29.8 Å². The molecule has 0 radical (unpaired) electrons. The van der Waals surface area contributed by atoms with E-state index in [2.05, 4.69) is 12.2 Å². The highest BCUT2D eigenvalue weighted by Crippen LogP contribution is 2.17. The Balaban J connectivity index is 2.56. The maximum atomic E-state index is 12.3. The van der Waals surface area contributed by atoms with Gasteiger partial charge in [0.2, 0.25) is 5.91 Å². The fraction of sp³-hybridized carbons (Fsp3) is 0.609. The van der Waals surface area contributed by atoms with E-state index in [9.17, 15) is 14.4 Å². The highest BCUT2D eigenvalue weighted by molar-refractivity contribution is 5.96. The quantitative estimate of drug-likeness (QED) is 0.303. The van der Waals surface area contributed by atoms with Gasteiger partial charge in [0.25, 0.3) is 0 Å². The molecule has 1 aromatic carbocycles. The first-order valence-corrected chi connectivity index (χ1v) is 10.3. The highest BCUT2D eigenvalue weighted by Gasteiger charge is 2.26. The lowest BCUT2D eigenvalue weighted by Crippen LogP contribution is -2.49. The second-order valence-corrected chi connectivity index (χ2v) is 7.81. The number of amides is 1. The molecule has 0 spiro atoms. The molecule has 0 saturated carbocycles. The number of Topliss-reactive ketones (excluding diaryl/α,β-unsaturated/α-hetero) is 1. The molecule has 0 fully saturated rings. The van der Waals surface area contributed by atoms with Crippen molar-refractivity contribution in [3.63, 3.8) is 0 Å². The van der Waals surface area contributed by atoms with Crippen molar-refractivity contribution in [2.75, 3.05) is 6.61 Å². The van der Waals surface area contributed by atoms with Gasteiger partial charge in [-0.1, -0.05) is 56.9 Å². The Morgan fingerprint density at radius 1 is 1.00 bits per heavy atom. The van der Waals surface area contributed by atoms with Gasteiger partial charge in [0.15, 0.2) is 5.78 Å². The lowest BCUT2D eigenvalue weighted by molar-refractivity contribution is -0.144. The Morgan fingerprint density at radius 2 is 1.64 bits per heavy atom. The van der Waals surface area contributed by atoms with E-state index in [4.69, 9.17) is 4.74 Å². The van der Waals surface area contributed by atoms with Gasteiger partial charge in [0.1, 0.15) is 6.61 Å². The number of ketones is 1. The standard InChI is InChI=1S/C23H35NO4/c1-5-6-7-8-9-10-22(27)21-13-11-20(12-14-21)15-16-23(4,24-18(2)25)17-28-19(3)26/h11-14H,5-10,15-17H2,1-4H3,(H,24,25). The summed E-state index contributed by atoms with van der Waals surface area (Å²) in [6.45, 7) is 6.99. The number of carbonyl (C=O) groups excluding carboxylic acids is 3. The topological polar surface area (TPSA) is 72.5 Å². The molecule has 0 aliphatic rings. The van der Waals surface area contributed by atoms with Gasteiger partial charge in [0, 0.05) is 25.8 Å². The number of hydrogen-bond donors (Lipinski definition) is 1. The molecule has 0 aliphatic carbocycles. The number of aryl methyl sites for hydroxylation is 1. The summed E-state index contributed by atoms with van der Waals surface area (Å²) in [4.78, 5) is 34.9. The van der Waals surface area contributed by atoms with Crippen LogP contribution in [0.2, 0.25) is 0 Å². The molecule has 1 amide bonds. The Bertz CT molecular complexity index is 639. The predicted molar refractivity (Wildman–Crippen MR) is 111 cm³/mol. The number of benzene rings is 1. The molecule has 156 valence electrons. The van der Waals surface area contributed by atoms with Gasteiger partial charge in [-0.15, -0.1) is 0 Å². The molecular formula is C23H35NO4. The minimum absolute atomic E-state index is 0.135. The van der Waals surface area contributed by atoms with Crippen LogP contribution in [-0.2, 0) is 20.7 Å². The summed E-state index contributed by atoms with van der Waals surface area (Å²) < 4.78 is 5.11. The van der Waals surface area contributed by atoms with Gasteiger partial charge in [-0.3, -0.25) is 14.4 Å². The summed E-state index contributed by atoms with van der Waals surface area (Å²) >= 11 is 0. The zero-order chi connectivity index (χ0) is 21.0. The van der Waals surface area contributed by atoms with E-state index in [-0.39, 0.29) is 24.3 Å². The second kappa shape index (κ2) is 12.3. The maximum Gasteiger partial charge on any atom is 0.302 e. The molecule has 5 heteroatoms. The molecule has 1 aromatic rings. The molecule has 5 nitrogen and oxygen atoms in total. The van der Waals surface area contributed by atoms with Crippen molar-refractivity contribution < 1.29 is 19.1 Å². The summed E-state index contributed by atoms with van der Waals surface area (Å²) in [5.74, 6) is -0.329. The van der Waals surface area contributed by atoms with Crippen LogP contribution in [0.25, 0.3) is 0 Å². The van der Waals surface area contributed by atoms with Crippen LogP contribution >= 0.6 is 0 Å². The van der Waals surface area contributed by atoms with Crippen LogP contribution in [0.5, 0.6) is 0 Å². The smallest absolute Gasteiger partial charge is 0.302 e. The fourth-order valence-corrected chi connectivity index (χ4v) is 3.17. The number of hydrogen-bond acceptors (Lipinski definition) is 4. The van der Waals surface area contributed by atoms with E-state index in [1.165, 1.54) is 33.1 Å². The van der Waals surface area contributed by atoms with Gasteiger partial charge < -0.3 is 10.1 Å². The lowest BCUT2D eigenvalue weighted by atomic mass is 9.93. The minimum Gasteiger partial charge on any atom is -0.463 e. The Kier molecular flexibility index (Phi) is 10.5. The normalized spacial score (nSPS) is 12.9. The molecule has 1 unspecified atom stereocenters. The molecule has 0 heterocycles. The van der Waals surface area contributed by atoms with Crippen LogP contribution in [0.1, 0.15) is 88.6 Å². The number of ether oxygens (including phenoxy) is 1. The lowest BCUT2D eigenvalue weighted by Gasteiger charge is -2.29. The molecule has 1 rings (SSSR count). The van der Waals surface area contributed by atoms with Crippen LogP contribution in [0.4, 0.5) is 0 Å². The van der Waals surface area contributed by atoms with Crippen molar-refractivity contribution in [3.05, 3.63) is 35.4 Å². The minimum atomic E-state index is -0.621. The predicted octanol–water partition coefficient (Wildman–Crippen LogP) is 4.62. The van der Waals surface area contributed by atoms with E-state index in [0.717, 1.165) is 24.0 Å². The van der Waals surface area contributed by atoms with E-state index in [1.54, 1.807) is 0 Å². The first-order valence-electron chi connectivity index (χ1n) is 10.3. The molecule has 28 heavy (non-hydrogen) atoms. The third-order valence-corrected chi connectivity index (χ3v) is 4.82. The van der Waals surface area contributed by atoms with Crippen LogP contribution in [0, 0.1) is 0 Å². The van der Waals surface area contributed by atoms with E-state index in [1.807, 2.05) is 31.2 Å². The number of nitrogens with one attached hydrogen (secondary N) is 1. The van der Waals surface area contributed by atoms with Gasteiger partial charge in [0.05, 0.1) is 5.54 Å². The zero-order valence-corrected chi connectivity index (χ0v) is 17.8. The average Bonchev–Trinajstić information content (AvgIpc) is 2.64. The van der Waals surface area contributed by atoms with E-state index in [0.29, 0.717) is 19.3 Å². The number of rotatable bonds is 13. The third kappa shape index (κ3) is 9.67. The number of unbranched alkanes of at least 4 members (excludes halogenated alkanes) is 4.